The van der Waals surface area contributed by atoms with E-state index in [1.807, 2.05) is 76.2 Å². The molecule has 1 spiro atoms. The zero-order valence-corrected chi connectivity index (χ0v) is 29.7. The van der Waals surface area contributed by atoms with E-state index in [-0.39, 0.29) is 43.2 Å². The molecule has 2 aliphatic heterocycles. The Kier molecular flexibility index (Phi) is 10.1. The van der Waals surface area contributed by atoms with E-state index in [0.29, 0.717) is 23.6 Å². The highest BCUT2D eigenvalue weighted by Crippen LogP contribution is 2.48. The van der Waals surface area contributed by atoms with Crippen LogP contribution in [0.2, 0.25) is 5.02 Å². The van der Waals surface area contributed by atoms with Crippen LogP contribution >= 0.6 is 11.6 Å². The average molecular weight is 704 g/mol. The molecule has 2 aliphatic carbocycles. The van der Waals surface area contributed by atoms with Gasteiger partial charge in [-0.15, -0.1) is 0 Å². The van der Waals surface area contributed by atoms with Gasteiger partial charge in [0.25, 0.3) is 5.91 Å². The van der Waals surface area contributed by atoms with Crippen molar-refractivity contribution in [3.8, 4) is 0 Å². The number of likely N-dealkylation sites (tertiary alicyclic amines) is 1. The van der Waals surface area contributed by atoms with E-state index in [9.17, 15) is 24.0 Å². The van der Waals surface area contributed by atoms with E-state index in [2.05, 4.69) is 21.4 Å². The Morgan fingerprint density at radius 1 is 1.02 bits per heavy atom. The van der Waals surface area contributed by atoms with Crippen LogP contribution in [-0.4, -0.2) is 70.6 Å². The summed E-state index contributed by atoms with van der Waals surface area (Å²) in [6, 6.07) is 14.0. The molecule has 6 rings (SSSR count). The summed E-state index contributed by atoms with van der Waals surface area (Å²) < 4.78 is 0. The third-order valence-corrected chi connectivity index (χ3v) is 10.2. The van der Waals surface area contributed by atoms with Gasteiger partial charge in [0.2, 0.25) is 23.5 Å². The number of nitrogens with zero attached hydrogens (tertiary/aromatic N) is 1. The summed E-state index contributed by atoms with van der Waals surface area (Å²) in [5, 5.41) is 9.09. The lowest BCUT2D eigenvalue weighted by molar-refractivity contribution is -0.145. The number of benzene rings is 2. The number of carbonyl (C=O) groups is 5. The quantitative estimate of drug-likeness (QED) is 0.244. The summed E-state index contributed by atoms with van der Waals surface area (Å²) in [5.74, 6) is -2.82. The number of ketones is 1. The molecule has 6 atom stereocenters. The number of halogens is 1. The van der Waals surface area contributed by atoms with Gasteiger partial charge < -0.3 is 20.9 Å². The van der Waals surface area contributed by atoms with Crippen LogP contribution in [0.4, 0.5) is 0 Å². The van der Waals surface area contributed by atoms with Crippen molar-refractivity contribution in [2.45, 2.75) is 102 Å². The molecule has 2 aromatic carbocycles. The zero-order valence-electron chi connectivity index (χ0n) is 29.0. The number of carbonyl (C=O) groups excluding carboxylic acids is 5. The first-order valence-electron chi connectivity index (χ1n) is 17.5. The number of hydrogen-bond donors (Lipinski definition) is 4. The number of amides is 4. The van der Waals surface area contributed by atoms with Crippen molar-refractivity contribution in [1.29, 1.82) is 0 Å². The van der Waals surface area contributed by atoms with Crippen molar-refractivity contribution in [2.75, 3.05) is 6.54 Å². The van der Waals surface area contributed by atoms with Gasteiger partial charge in [0.1, 0.15) is 17.7 Å². The minimum atomic E-state index is -1.09. The van der Waals surface area contributed by atoms with Crippen molar-refractivity contribution in [3.63, 3.8) is 0 Å². The second-order valence-electron chi connectivity index (χ2n) is 15.2. The smallest absolute Gasteiger partial charge is 0.289 e. The zero-order chi connectivity index (χ0) is 35.8. The Hall–Kier alpha value is -4.22. The second-order valence-corrected chi connectivity index (χ2v) is 15.6. The molecule has 4 N–H and O–H groups in total. The molecule has 0 unspecified atom stereocenters. The molecule has 2 aromatic rings. The minimum Gasteiger partial charge on any atom is -0.347 e. The molecular weight excluding hydrogens is 658 g/mol. The molecule has 2 saturated carbocycles. The molecule has 266 valence electrons. The molecule has 12 heteroatoms. The van der Waals surface area contributed by atoms with Crippen LogP contribution in [0.15, 0.2) is 60.7 Å². The van der Waals surface area contributed by atoms with Gasteiger partial charge in [-0.3, -0.25) is 34.3 Å². The Labute approximate surface area is 297 Å². The van der Waals surface area contributed by atoms with Gasteiger partial charge in [-0.05, 0) is 60.8 Å². The fourth-order valence-electron chi connectivity index (χ4n) is 6.91. The molecule has 0 radical (unpaired) electrons. The van der Waals surface area contributed by atoms with Crippen LogP contribution in [0.1, 0.15) is 83.3 Å². The lowest BCUT2D eigenvalue weighted by Gasteiger charge is -2.35. The first-order chi connectivity index (χ1) is 23.8. The SMILES string of the molecule is CCC[C@H](NC(=O)[C@@H]1C[C@]2(C=C(c3cccc(Cl)c3)NO2)CN1C(=O)[C@@H](NC(=O)[C@@H]1C[C@H]1c1ccccc1)C(C)(C)C)C(=O)C(=O)NC1CC1. The van der Waals surface area contributed by atoms with Crippen molar-refractivity contribution < 1.29 is 28.8 Å². The van der Waals surface area contributed by atoms with Crippen LogP contribution < -0.4 is 21.4 Å². The number of rotatable bonds is 12. The third kappa shape index (κ3) is 7.89. The van der Waals surface area contributed by atoms with Crippen LogP contribution in [0.5, 0.6) is 0 Å². The highest BCUT2D eigenvalue weighted by Gasteiger charge is 2.54. The van der Waals surface area contributed by atoms with Gasteiger partial charge in [-0.25, -0.2) is 0 Å². The summed E-state index contributed by atoms with van der Waals surface area (Å²) in [7, 11) is 0. The molecular formula is C38H46ClN5O6. The van der Waals surface area contributed by atoms with Gasteiger partial charge in [-0.2, -0.15) is 0 Å². The van der Waals surface area contributed by atoms with Crippen molar-refractivity contribution in [3.05, 3.63) is 76.8 Å². The highest BCUT2D eigenvalue weighted by molar-refractivity contribution is 6.38. The van der Waals surface area contributed by atoms with E-state index in [0.717, 1.165) is 24.0 Å². The number of Topliss-reactive ketones (excluding diaryl/α,β-unsaturated/α-hetero) is 1. The second kappa shape index (κ2) is 14.2. The maximum absolute atomic E-state index is 14.6. The largest absolute Gasteiger partial charge is 0.347 e. The van der Waals surface area contributed by atoms with Crippen LogP contribution in [0.25, 0.3) is 5.70 Å². The maximum Gasteiger partial charge on any atom is 0.289 e. The average Bonchev–Trinajstić information content (AvgIpc) is 4.00. The molecule has 50 heavy (non-hydrogen) atoms. The van der Waals surface area contributed by atoms with E-state index < -0.39 is 52.6 Å². The first kappa shape index (κ1) is 35.6. The van der Waals surface area contributed by atoms with Gasteiger partial charge in [0, 0.05) is 29.0 Å². The number of hydroxylamine groups is 1. The van der Waals surface area contributed by atoms with E-state index in [1.54, 1.807) is 12.1 Å². The minimum absolute atomic E-state index is 0.00800. The molecule has 0 bridgehead atoms. The van der Waals surface area contributed by atoms with Gasteiger partial charge in [-0.1, -0.05) is 88.2 Å². The molecule has 0 aromatic heterocycles. The van der Waals surface area contributed by atoms with Gasteiger partial charge in [0.05, 0.1) is 18.3 Å². The monoisotopic (exact) mass is 703 g/mol. The molecule has 1 saturated heterocycles. The predicted molar refractivity (Wildman–Crippen MR) is 188 cm³/mol. The fourth-order valence-corrected chi connectivity index (χ4v) is 7.10. The van der Waals surface area contributed by atoms with Crippen molar-refractivity contribution >= 4 is 46.7 Å². The molecule has 11 nitrogen and oxygen atoms in total. The number of nitrogens with one attached hydrogen (secondary N) is 4. The Balaban J connectivity index is 1.26. The molecule has 4 amide bonds. The number of hydrogen-bond acceptors (Lipinski definition) is 7. The lowest BCUT2D eigenvalue weighted by Crippen LogP contribution is -2.59. The normalized spacial score (nSPS) is 25.3. The molecule has 2 heterocycles. The van der Waals surface area contributed by atoms with Crippen LogP contribution in [-0.2, 0) is 28.8 Å². The fraction of sp³-hybridized carbons (Fsp3) is 0.500. The van der Waals surface area contributed by atoms with E-state index >= 15 is 0 Å². The summed E-state index contributed by atoms with van der Waals surface area (Å²) >= 11 is 6.25. The van der Waals surface area contributed by atoms with Gasteiger partial charge in [0.15, 0.2) is 0 Å². The Morgan fingerprint density at radius 2 is 1.76 bits per heavy atom. The summed E-state index contributed by atoms with van der Waals surface area (Å²) in [6.45, 7) is 7.49. The molecule has 3 fully saturated rings. The maximum atomic E-state index is 14.6. The van der Waals surface area contributed by atoms with Gasteiger partial charge >= 0.3 is 0 Å². The van der Waals surface area contributed by atoms with E-state index in [1.165, 1.54) is 4.90 Å². The summed E-state index contributed by atoms with van der Waals surface area (Å²) in [6.07, 6.45) is 5.07. The van der Waals surface area contributed by atoms with E-state index in [4.69, 9.17) is 16.4 Å². The van der Waals surface area contributed by atoms with Crippen LogP contribution in [0.3, 0.4) is 0 Å². The van der Waals surface area contributed by atoms with Crippen LogP contribution in [0, 0.1) is 11.3 Å². The Morgan fingerprint density at radius 3 is 2.42 bits per heavy atom. The first-order valence-corrected chi connectivity index (χ1v) is 17.9. The summed E-state index contributed by atoms with van der Waals surface area (Å²) in [4.78, 5) is 75.9. The summed E-state index contributed by atoms with van der Waals surface area (Å²) in [5.41, 5.74) is 3.65. The Bertz CT molecular complexity index is 1690. The highest BCUT2D eigenvalue weighted by atomic mass is 35.5. The third-order valence-electron chi connectivity index (χ3n) is 9.95. The standard InChI is InChI=1S/C38H46ClN5O6/c1-5-10-28(31(45)35(48)40-25-15-16-25)41-34(47)30-20-38(19-29(43-50-38)23-13-9-14-24(39)17-23)21-44(30)36(49)32(37(2,3)4)42-33(46)27-18-26(27)22-11-7-6-8-12-22/h6-9,11-14,17,19,25-28,30,32,43H,5,10,15-16,18,20-21H2,1-4H3,(H,40,48)(H,41,47)(H,42,46)/t26-,27+,28-,30-,32+,38+/m0/s1. The van der Waals surface area contributed by atoms with Crippen molar-refractivity contribution in [2.24, 2.45) is 11.3 Å². The lowest BCUT2D eigenvalue weighted by atomic mass is 9.85. The molecule has 4 aliphatic rings. The topological polar surface area (TPSA) is 146 Å². The van der Waals surface area contributed by atoms with Crippen molar-refractivity contribution in [1.82, 2.24) is 26.3 Å². The predicted octanol–water partition coefficient (Wildman–Crippen LogP) is 4.02.